The maximum Gasteiger partial charge on any atom is 0.224 e. The Kier molecular flexibility index (Phi) is 5.56. The summed E-state index contributed by atoms with van der Waals surface area (Å²) >= 11 is 5.91. The van der Waals surface area contributed by atoms with E-state index in [1.165, 1.54) is 5.56 Å². The van der Waals surface area contributed by atoms with E-state index in [-0.39, 0.29) is 15.9 Å². The third kappa shape index (κ3) is 4.48. The Morgan fingerprint density at radius 2 is 2.00 bits per heavy atom. The second-order valence-corrected chi connectivity index (χ2v) is 8.57. The van der Waals surface area contributed by atoms with Gasteiger partial charge in [-0.05, 0) is 37.2 Å². The molecule has 0 aliphatic carbocycles. The van der Waals surface area contributed by atoms with E-state index in [0.717, 1.165) is 19.5 Å². The second-order valence-electron chi connectivity index (χ2n) is 6.19. The van der Waals surface area contributed by atoms with Crippen molar-refractivity contribution >= 4 is 27.3 Å². The molecule has 0 saturated carbocycles. The molecule has 8 heteroatoms. The number of fused-ring (bicyclic) bond motifs is 1. The average molecular weight is 381 g/mol. The number of rotatable bonds is 7. The van der Waals surface area contributed by atoms with Crippen LogP contribution in [0.3, 0.4) is 0 Å². The summed E-state index contributed by atoms with van der Waals surface area (Å²) in [5, 5.41) is 3.20. The number of nitrogens with one attached hydrogen (secondary N) is 1. The number of hydrogen-bond acceptors (Lipinski definition) is 6. The standard InChI is InChI=1S/C17H21ClN4O2S/c1-22(12-13-6-3-2-4-7-13)10-5-9-19-16-15-14(20-17(18)21-16)8-11-25(15,23)24/h2-4,6-7H,5,8-12H2,1H3,(H,19,20,21). The van der Waals surface area contributed by atoms with Crippen LogP contribution >= 0.6 is 11.6 Å². The van der Waals surface area contributed by atoms with E-state index >= 15 is 0 Å². The zero-order valence-corrected chi connectivity index (χ0v) is 15.6. The van der Waals surface area contributed by atoms with Gasteiger partial charge in [-0.2, -0.15) is 4.98 Å². The molecule has 134 valence electrons. The lowest BCUT2D eigenvalue weighted by atomic mass is 10.2. The van der Waals surface area contributed by atoms with Crippen molar-refractivity contribution in [1.29, 1.82) is 0 Å². The Hall–Kier alpha value is -1.70. The molecule has 0 amide bonds. The van der Waals surface area contributed by atoms with E-state index in [1.54, 1.807) is 0 Å². The van der Waals surface area contributed by atoms with Crippen LogP contribution in [0.2, 0.25) is 5.28 Å². The minimum atomic E-state index is -3.30. The van der Waals surface area contributed by atoms with E-state index in [4.69, 9.17) is 11.6 Å². The molecule has 2 heterocycles. The van der Waals surface area contributed by atoms with Crippen LogP contribution in [0.1, 0.15) is 17.7 Å². The summed E-state index contributed by atoms with van der Waals surface area (Å²) in [4.78, 5) is 10.6. The summed E-state index contributed by atoms with van der Waals surface area (Å²) in [5.41, 5.74) is 1.79. The van der Waals surface area contributed by atoms with Crippen LogP contribution in [0.4, 0.5) is 5.82 Å². The third-order valence-corrected chi connectivity index (χ3v) is 6.09. The lowest BCUT2D eigenvalue weighted by molar-refractivity contribution is 0.325. The van der Waals surface area contributed by atoms with Crippen molar-refractivity contribution in [3.8, 4) is 0 Å². The zero-order chi connectivity index (χ0) is 17.9. The van der Waals surface area contributed by atoms with Gasteiger partial charge < -0.3 is 10.2 Å². The molecule has 0 bridgehead atoms. The van der Waals surface area contributed by atoms with Crippen LogP contribution < -0.4 is 5.32 Å². The summed E-state index contributed by atoms with van der Waals surface area (Å²) in [6.45, 7) is 2.38. The van der Waals surface area contributed by atoms with Gasteiger partial charge in [0.15, 0.2) is 9.84 Å². The van der Waals surface area contributed by atoms with Gasteiger partial charge >= 0.3 is 0 Å². The highest BCUT2D eigenvalue weighted by Crippen LogP contribution is 2.31. The van der Waals surface area contributed by atoms with E-state index in [0.29, 0.717) is 24.5 Å². The predicted molar refractivity (Wildman–Crippen MR) is 98.7 cm³/mol. The summed E-state index contributed by atoms with van der Waals surface area (Å²) in [6.07, 6.45) is 1.26. The van der Waals surface area contributed by atoms with Crippen LogP contribution in [0.25, 0.3) is 0 Å². The van der Waals surface area contributed by atoms with Crippen LogP contribution in [0.15, 0.2) is 35.2 Å². The molecule has 6 nitrogen and oxygen atoms in total. The van der Waals surface area contributed by atoms with Crippen molar-refractivity contribution in [2.75, 3.05) is 31.2 Å². The average Bonchev–Trinajstić information content (AvgIpc) is 2.87. The first-order valence-corrected chi connectivity index (χ1v) is 10.2. The molecule has 1 aliphatic rings. The zero-order valence-electron chi connectivity index (χ0n) is 14.1. The summed E-state index contributed by atoms with van der Waals surface area (Å²) in [7, 11) is -1.24. The number of benzene rings is 1. The van der Waals surface area contributed by atoms with Gasteiger partial charge in [0.2, 0.25) is 5.28 Å². The maximum absolute atomic E-state index is 12.2. The maximum atomic E-state index is 12.2. The second kappa shape index (κ2) is 7.68. The molecule has 2 aromatic rings. The Balaban J connectivity index is 1.55. The molecule has 0 fully saturated rings. The monoisotopic (exact) mass is 380 g/mol. The van der Waals surface area contributed by atoms with Gasteiger partial charge in [0.05, 0.1) is 11.4 Å². The first kappa shape index (κ1) is 18.1. The first-order valence-electron chi connectivity index (χ1n) is 8.21. The lowest BCUT2D eigenvalue weighted by Crippen LogP contribution is -2.21. The molecule has 0 unspecified atom stereocenters. The van der Waals surface area contributed by atoms with E-state index < -0.39 is 9.84 Å². The van der Waals surface area contributed by atoms with Crippen molar-refractivity contribution in [2.24, 2.45) is 0 Å². The molecule has 0 saturated heterocycles. The molecule has 1 N–H and O–H groups in total. The Bertz CT molecular complexity index is 843. The quantitative estimate of drug-likeness (QED) is 0.587. The number of halogens is 1. The van der Waals surface area contributed by atoms with Crippen LogP contribution in [-0.4, -0.2) is 49.2 Å². The SMILES string of the molecule is CN(CCCNc1nc(Cl)nc2c1S(=O)(=O)CC2)Cc1ccccc1. The van der Waals surface area contributed by atoms with E-state index in [1.807, 2.05) is 18.2 Å². The van der Waals surface area contributed by atoms with Crippen molar-refractivity contribution in [3.05, 3.63) is 46.9 Å². The van der Waals surface area contributed by atoms with E-state index in [2.05, 4.69) is 39.4 Å². The van der Waals surface area contributed by atoms with Crippen molar-refractivity contribution in [3.63, 3.8) is 0 Å². The molecule has 0 radical (unpaired) electrons. The molecule has 0 spiro atoms. The highest BCUT2D eigenvalue weighted by Gasteiger charge is 2.32. The minimum Gasteiger partial charge on any atom is -0.369 e. The summed E-state index contributed by atoms with van der Waals surface area (Å²) in [5.74, 6) is 0.407. The van der Waals surface area contributed by atoms with Gasteiger partial charge in [0, 0.05) is 19.5 Å². The Morgan fingerprint density at radius 1 is 1.24 bits per heavy atom. The van der Waals surface area contributed by atoms with Crippen molar-refractivity contribution < 1.29 is 8.42 Å². The summed E-state index contributed by atoms with van der Waals surface area (Å²) in [6, 6.07) is 10.3. The molecule has 1 aromatic carbocycles. The fourth-order valence-electron chi connectivity index (χ4n) is 2.95. The fraction of sp³-hybridized carbons (Fsp3) is 0.412. The normalized spacial score (nSPS) is 15.3. The number of sulfone groups is 1. The summed E-state index contributed by atoms with van der Waals surface area (Å²) < 4.78 is 24.3. The van der Waals surface area contributed by atoms with Gasteiger partial charge in [-0.15, -0.1) is 0 Å². The van der Waals surface area contributed by atoms with Gasteiger partial charge in [-0.1, -0.05) is 30.3 Å². The molecular weight excluding hydrogens is 360 g/mol. The number of anilines is 1. The van der Waals surface area contributed by atoms with Crippen LogP contribution in [0.5, 0.6) is 0 Å². The molecule has 3 rings (SSSR count). The predicted octanol–water partition coefficient (Wildman–Crippen LogP) is 2.39. The Morgan fingerprint density at radius 3 is 2.76 bits per heavy atom. The smallest absolute Gasteiger partial charge is 0.224 e. The first-order chi connectivity index (χ1) is 12.0. The van der Waals surface area contributed by atoms with Gasteiger partial charge in [-0.3, -0.25) is 0 Å². The number of nitrogens with zero attached hydrogens (tertiary/aromatic N) is 3. The van der Waals surface area contributed by atoms with Crippen LogP contribution in [0, 0.1) is 0 Å². The number of hydrogen-bond donors (Lipinski definition) is 1. The number of aromatic nitrogens is 2. The van der Waals surface area contributed by atoms with Crippen molar-refractivity contribution in [2.45, 2.75) is 24.3 Å². The largest absolute Gasteiger partial charge is 0.369 e. The highest BCUT2D eigenvalue weighted by atomic mass is 35.5. The van der Waals surface area contributed by atoms with Crippen molar-refractivity contribution in [1.82, 2.24) is 14.9 Å². The highest BCUT2D eigenvalue weighted by molar-refractivity contribution is 7.91. The van der Waals surface area contributed by atoms with E-state index in [9.17, 15) is 8.42 Å². The van der Waals surface area contributed by atoms with Gasteiger partial charge in [0.1, 0.15) is 10.7 Å². The molecule has 25 heavy (non-hydrogen) atoms. The van der Waals surface area contributed by atoms with Crippen LogP contribution in [-0.2, 0) is 22.8 Å². The molecule has 1 aliphatic heterocycles. The number of aryl methyl sites for hydroxylation is 1. The molecule has 1 aromatic heterocycles. The Labute approximate surface area is 153 Å². The molecule has 0 atom stereocenters. The topological polar surface area (TPSA) is 75.2 Å². The minimum absolute atomic E-state index is 0.0752. The fourth-order valence-corrected chi connectivity index (χ4v) is 4.72. The molecular formula is C17H21ClN4O2S. The third-order valence-electron chi connectivity index (χ3n) is 4.13. The van der Waals surface area contributed by atoms with Gasteiger partial charge in [-0.25, -0.2) is 13.4 Å². The lowest BCUT2D eigenvalue weighted by Gasteiger charge is -2.17. The van der Waals surface area contributed by atoms with Gasteiger partial charge in [0.25, 0.3) is 0 Å².